The van der Waals surface area contributed by atoms with E-state index in [0.29, 0.717) is 0 Å². The van der Waals surface area contributed by atoms with E-state index in [-0.39, 0.29) is 5.88 Å². The molecule has 0 saturated heterocycles. The largest absolute Gasteiger partial charge is 0.505 e. The third-order valence-corrected chi connectivity index (χ3v) is 1.49. The van der Waals surface area contributed by atoms with Gasteiger partial charge in [-0.25, -0.2) is 0 Å². The van der Waals surface area contributed by atoms with E-state index >= 15 is 0 Å². The second-order valence-electron chi connectivity index (χ2n) is 1.33. The molecule has 54 valence electrons. The van der Waals surface area contributed by atoms with Crippen molar-refractivity contribution in [1.29, 1.82) is 0 Å². The van der Waals surface area contributed by atoms with Crippen molar-refractivity contribution in [3.05, 3.63) is 11.7 Å². The van der Waals surface area contributed by atoms with Gasteiger partial charge in [0.2, 0.25) is 0 Å². The zero-order valence-corrected chi connectivity index (χ0v) is 5.89. The Hall–Kier alpha value is -0.280. The van der Waals surface area contributed by atoms with Gasteiger partial charge in [-0.15, -0.1) is 23.2 Å². The Morgan fingerprint density at radius 3 is 1.89 bits per heavy atom. The van der Waals surface area contributed by atoms with Crippen molar-refractivity contribution in [1.82, 2.24) is 0 Å². The molecule has 0 fully saturated rings. The van der Waals surface area contributed by atoms with Crippen LogP contribution >= 0.6 is 23.2 Å². The SMILES string of the molecule is OC(O)=C(O)C(Cl)CCl. The highest BCUT2D eigenvalue weighted by Crippen LogP contribution is 2.09. The molecule has 0 aromatic heterocycles. The third kappa shape index (κ3) is 2.67. The van der Waals surface area contributed by atoms with Crippen molar-refractivity contribution >= 4 is 23.2 Å². The zero-order chi connectivity index (χ0) is 7.44. The van der Waals surface area contributed by atoms with Crippen molar-refractivity contribution in [2.75, 3.05) is 5.88 Å². The monoisotopic (exact) mass is 172 g/mol. The second kappa shape index (κ2) is 3.69. The average Bonchev–Trinajstić information content (AvgIpc) is 1.84. The smallest absolute Gasteiger partial charge is 0.315 e. The second-order valence-corrected chi connectivity index (χ2v) is 2.17. The molecule has 0 aliphatic rings. The van der Waals surface area contributed by atoms with Crippen LogP contribution < -0.4 is 0 Å². The van der Waals surface area contributed by atoms with E-state index in [1.54, 1.807) is 0 Å². The molecule has 0 aliphatic carbocycles. The van der Waals surface area contributed by atoms with E-state index in [2.05, 4.69) is 0 Å². The molecule has 0 heterocycles. The Balaban J connectivity index is 4.02. The van der Waals surface area contributed by atoms with Crippen molar-refractivity contribution in [3.8, 4) is 0 Å². The van der Waals surface area contributed by atoms with Gasteiger partial charge in [-0.3, -0.25) is 0 Å². The minimum absolute atomic E-state index is 0.0714. The van der Waals surface area contributed by atoms with Gasteiger partial charge in [0.25, 0.3) is 0 Å². The molecule has 5 heteroatoms. The summed E-state index contributed by atoms with van der Waals surface area (Å²) in [5.41, 5.74) is 0. The predicted octanol–water partition coefficient (Wildman–Crippen LogP) is 1.68. The van der Waals surface area contributed by atoms with Gasteiger partial charge in [-0.2, -0.15) is 0 Å². The van der Waals surface area contributed by atoms with Gasteiger partial charge >= 0.3 is 5.95 Å². The highest BCUT2D eigenvalue weighted by molar-refractivity contribution is 6.29. The molecule has 0 bridgehead atoms. The Morgan fingerprint density at radius 1 is 1.33 bits per heavy atom. The van der Waals surface area contributed by atoms with Crippen LogP contribution in [-0.2, 0) is 0 Å². The van der Waals surface area contributed by atoms with Gasteiger partial charge < -0.3 is 15.3 Å². The summed E-state index contributed by atoms with van der Waals surface area (Å²) in [6.07, 6.45) is 0. The zero-order valence-electron chi connectivity index (χ0n) is 4.38. The first-order valence-electron chi connectivity index (χ1n) is 2.10. The lowest BCUT2D eigenvalue weighted by Gasteiger charge is -2.01. The normalized spacial score (nSPS) is 12.7. The molecule has 0 saturated carbocycles. The summed E-state index contributed by atoms with van der Waals surface area (Å²) in [5.74, 6) is -1.96. The fourth-order valence-electron chi connectivity index (χ4n) is 0.213. The molecule has 0 amide bonds. The van der Waals surface area contributed by atoms with Gasteiger partial charge in [-0.05, 0) is 0 Å². The van der Waals surface area contributed by atoms with Crippen molar-refractivity contribution in [3.63, 3.8) is 0 Å². The third-order valence-electron chi connectivity index (χ3n) is 0.661. The van der Waals surface area contributed by atoms with E-state index in [9.17, 15) is 0 Å². The number of allylic oxidation sites excluding steroid dienone is 1. The van der Waals surface area contributed by atoms with Crippen molar-refractivity contribution in [2.45, 2.75) is 5.38 Å². The standard InChI is InChI=1S/C4H6Cl2O3/c5-1-2(6)3(7)4(8)9/h2,7-9H,1H2. The van der Waals surface area contributed by atoms with Crippen molar-refractivity contribution in [2.24, 2.45) is 0 Å². The van der Waals surface area contributed by atoms with Crippen LogP contribution in [0.2, 0.25) is 0 Å². The van der Waals surface area contributed by atoms with E-state index in [4.69, 9.17) is 38.5 Å². The fourth-order valence-corrected chi connectivity index (χ4v) is 0.457. The van der Waals surface area contributed by atoms with Crippen LogP contribution in [-0.4, -0.2) is 26.6 Å². The van der Waals surface area contributed by atoms with Crippen LogP contribution in [0.4, 0.5) is 0 Å². The summed E-state index contributed by atoms with van der Waals surface area (Å²) >= 11 is 10.4. The summed E-state index contributed by atoms with van der Waals surface area (Å²) in [5, 5.41) is 24.0. The summed E-state index contributed by atoms with van der Waals surface area (Å²) < 4.78 is 0. The van der Waals surface area contributed by atoms with Gasteiger partial charge in [-0.1, -0.05) is 0 Å². The highest BCUT2D eigenvalue weighted by atomic mass is 35.5. The average molecular weight is 173 g/mol. The van der Waals surface area contributed by atoms with Gasteiger partial charge in [0, 0.05) is 5.88 Å². The van der Waals surface area contributed by atoms with E-state index < -0.39 is 17.1 Å². The van der Waals surface area contributed by atoms with E-state index in [0.717, 1.165) is 0 Å². The molecule has 0 radical (unpaired) electrons. The summed E-state index contributed by atoms with van der Waals surface area (Å²) in [6, 6.07) is 0. The molecule has 0 aromatic carbocycles. The van der Waals surface area contributed by atoms with Crippen molar-refractivity contribution < 1.29 is 15.3 Å². The van der Waals surface area contributed by atoms with Crippen LogP contribution in [0.3, 0.4) is 0 Å². The number of rotatable bonds is 2. The van der Waals surface area contributed by atoms with Gasteiger partial charge in [0.05, 0.1) is 0 Å². The van der Waals surface area contributed by atoms with E-state index in [1.807, 2.05) is 0 Å². The Bertz CT molecular complexity index is 119. The number of aliphatic hydroxyl groups excluding tert-OH is 2. The maximum atomic E-state index is 8.56. The fraction of sp³-hybridized carbons (Fsp3) is 0.500. The summed E-state index contributed by atoms with van der Waals surface area (Å²) in [4.78, 5) is 0. The first-order chi connectivity index (χ1) is 4.09. The maximum Gasteiger partial charge on any atom is 0.315 e. The molecular formula is C4H6Cl2O3. The first-order valence-corrected chi connectivity index (χ1v) is 3.07. The van der Waals surface area contributed by atoms with Crippen LogP contribution in [0.15, 0.2) is 11.7 Å². The number of hydrogen-bond donors (Lipinski definition) is 3. The predicted molar refractivity (Wildman–Crippen MR) is 35.3 cm³/mol. The molecule has 0 rings (SSSR count). The summed E-state index contributed by atoms with van der Waals surface area (Å²) in [7, 11) is 0. The van der Waals surface area contributed by atoms with Crippen LogP contribution in [0, 0.1) is 0 Å². The molecule has 9 heavy (non-hydrogen) atoms. The summed E-state index contributed by atoms with van der Waals surface area (Å²) in [6.45, 7) is 0. The lowest BCUT2D eigenvalue weighted by molar-refractivity contribution is 0.156. The van der Waals surface area contributed by atoms with Gasteiger partial charge in [0.1, 0.15) is 5.38 Å². The highest BCUT2D eigenvalue weighted by Gasteiger charge is 2.12. The topological polar surface area (TPSA) is 60.7 Å². The van der Waals surface area contributed by atoms with Crippen LogP contribution in [0.25, 0.3) is 0 Å². The molecular weight excluding hydrogens is 167 g/mol. The minimum Gasteiger partial charge on any atom is -0.505 e. The number of aliphatic hydroxyl groups is 3. The number of halogens is 2. The van der Waals surface area contributed by atoms with Gasteiger partial charge in [0.15, 0.2) is 5.76 Å². The molecule has 1 unspecified atom stereocenters. The van der Waals surface area contributed by atoms with Crippen LogP contribution in [0.5, 0.6) is 0 Å². The Kier molecular flexibility index (Phi) is 3.58. The van der Waals surface area contributed by atoms with Crippen LogP contribution in [0.1, 0.15) is 0 Å². The molecule has 1 atom stereocenters. The molecule has 3 nitrogen and oxygen atoms in total. The Morgan fingerprint density at radius 2 is 1.78 bits per heavy atom. The maximum absolute atomic E-state index is 8.56. The number of hydrogen-bond acceptors (Lipinski definition) is 3. The molecule has 0 spiro atoms. The first kappa shape index (κ1) is 8.72. The molecule has 3 N–H and O–H groups in total. The number of alkyl halides is 2. The lowest BCUT2D eigenvalue weighted by atomic mass is 10.4. The molecule has 0 aromatic rings. The minimum atomic E-state index is -1.18. The quantitative estimate of drug-likeness (QED) is 0.439. The molecule has 0 aliphatic heterocycles. The Labute approximate surface area is 62.1 Å². The van der Waals surface area contributed by atoms with E-state index in [1.165, 1.54) is 0 Å². The lowest BCUT2D eigenvalue weighted by Crippen LogP contribution is -2.07.